The Morgan fingerprint density at radius 1 is 1.53 bits per heavy atom. The Morgan fingerprint density at radius 2 is 2.24 bits per heavy atom. The van der Waals surface area contributed by atoms with Crippen LogP contribution in [0.1, 0.15) is 19.4 Å². The molecule has 0 radical (unpaired) electrons. The lowest BCUT2D eigenvalue weighted by Crippen LogP contribution is -2.37. The highest BCUT2D eigenvalue weighted by atomic mass is 79.9. The van der Waals surface area contributed by atoms with E-state index in [9.17, 15) is 4.79 Å². The second kappa shape index (κ2) is 6.59. The predicted octanol–water partition coefficient (Wildman–Crippen LogP) is 2.11. The molecule has 0 spiro atoms. The summed E-state index contributed by atoms with van der Waals surface area (Å²) >= 11 is 3.51. The summed E-state index contributed by atoms with van der Waals surface area (Å²) in [6.07, 6.45) is 1.76. The maximum absolute atomic E-state index is 11.6. The molecule has 1 rings (SSSR count). The van der Waals surface area contributed by atoms with Crippen LogP contribution >= 0.6 is 15.9 Å². The van der Waals surface area contributed by atoms with Crippen LogP contribution in [0.3, 0.4) is 0 Å². The Bertz CT molecular complexity index is 395. The molecule has 1 amide bonds. The number of hydrogen-bond donors (Lipinski definition) is 1. The number of nitrogens with zero attached hydrogens (tertiary/aromatic N) is 2. The summed E-state index contributed by atoms with van der Waals surface area (Å²) in [4.78, 5) is 17.9. The Hall–Kier alpha value is -1.10. The summed E-state index contributed by atoms with van der Waals surface area (Å²) in [5.74, 6) is 0.836. The molecule has 0 atom stereocenters. The van der Waals surface area contributed by atoms with Gasteiger partial charge in [-0.2, -0.15) is 0 Å². The Labute approximate surface area is 111 Å². The van der Waals surface area contributed by atoms with Gasteiger partial charge in [0.15, 0.2) is 0 Å². The van der Waals surface area contributed by atoms with E-state index in [1.54, 1.807) is 6.20 Å². The first-order valence-electron chi connectivity index (χ1n) is 5.72. The second-order valence-electron chi connectivity index (χ2n) is 3.73. The van der Waals surface area contributed by atoms with Gasteiger partial charge in [0.25, 0.3) is 0 Å². The Morgan fingerprint density at radius 3 is 2.82 bits per heavy atom. The van der Waals surface area contributed by atoms with Crippen LogP contribution in [0, 0.1) is 6.92 Å². The largest absolute Gasteiger partial charge is 0.355 e. The molecule has 1 heterocycles. The molecule has 0 aliphatic heterocycles. The van der Waals surface area contributed by atoms with Crippen molar-refractivity contribution in [2.45, 2.75) is 20.8 Å². The minimum Gasteiger partial charge on any atom is -0.355 e. The van der Waals surface area contributed by atoms with Crippen LogP contribution in [0.15, 0.2) is 16.7 Å². The molecule has 0 bridgehead atoms. The number of carbonyl (C=O) groups is 1. The molecule has 0 unspecified atom stereocenters. The van der Waals surface area contributed by atoms with Crippen molar-refractivity contribution in [3.63, 3.8) is 0 Å². The smallest absolute Gasteiger partial charge is 0.239 e. The number of amides is 1. The van der Waals surface area contributed by atoms with Gasteiger partial charge in [-0.25, -0.2) is 4.98 Å². The zero-order chi connectivity index (χ0) is 12.8. The molecule has 0 fully saturated rings. The molecule has 0 aromatic carbocycles. The fourth-order valence-corrected chi connectivity index (χ4v) is 1.99. The minimum atomic E-state index is 0.0181. The van der Waals surface area contributed by atoms with Gasteiger partial charge in [0.2, 0.25) is 5.91 Å². The summed E-state index contributed by atoms with van der Waals surface area (Å²) in [5.41, 5.74) is 1.12. The third-order valence-electron chi connectivity index (χ3n) is 2.45. The van der Waals surface area contributed by atoms with Crippen LogP contribution in [0.5, 0.6) is 0 Å². The maximum atomic E-state index is 11.6. The summed E-state index contributed by atoms with van der Waals surface area (Å²) in [7, 11) is 0. The maximum Gasteiger partial charge on any atom is 0.239 e. The van der Waals surface area contributed by atoms with Crippen molar-refractivity contribution in [1.82, 2.24) is 10.3 Å². The molecule has 94 valence electrons. The van der Waals surface area contributed by atoms with Gasteiger partial charge in [0, 0.05) is 19.3 Å². The number of carbonyl (C=O) groups excluding carboxylic acids is 1. The number of nitrogens with one attached hydrogen (secondary N) is 1. The second-order valence-corrected chi connectivity index (χ2v) is 4.53. The molecular formula is C12H18BrN3O. The van der Waals surface area contributed by atoms with Crippen molar-refractivity contribution in [2.75, 3.05) is 24.5 Å². The van der Waals surface area contributed by atoms with E-state index in [-0.39, 0.29) is 5.91 Å². The normalized spacial score (nSPS) is 10.1. The lowest BCUT2D eigenvalue weighted by molar-refractivity contribution is -0.119. The summed E-state index contributed by atoms with van der Waals surface area (Å²) < 4.78 is 0.950. The van der Waals surface area contributed by atoms with Crippen LogP contribution in [0.2, 0.25) is 0 Å². The van der Waals surface area contributed by atoms with Gasteiger partial charge in [-0.15, -0.1) is 0 Å². The molecule has 1 aromatic heterocycles. The molecule has 0 aliphatic carbocycles. The molecule has 0 saturated heterocycles. The summed E-state index contributed by atoms with van der Waals surface area (Å²) in [5, 5.41) is 2.79. The summed E-state index contributed by atoms with van der Waals surface area (Å²) in [6.45, 7) is 7.66. The van der Waals surface area contributed by atoms with Crippen molar-refractivity contribution in [3.05, 3.63) is 22.3 Å². The predicted molar refractivity (Wildman–Crippen MR) is 73.2 cm³/mol. The standard InChI is InChI=1S/C12H18BrN3O/c1-4-14-10(17)8-16(5-2)12-11(13)9(3)6-7-15-12/h6-7H,4-5,8H2,1-3H3,(H,14,17). The van der Waals surface area contributed by atoms with E-state index in [1.165, 1.54) is 0 Å². The summed E-state index contributed by atoms with van der Waals surface area (Å²) in [6, 6.07) is 1.94. The third kappa shape index (κ3) is 3.70. The fourth-order valence-electron chi connectivity index (χ4n) is 1.51. The zero-order valence-corrected chi connectivity index (χ0v) is 12.0. The Kier molecular flexibility index (Phi) is 5.41. The van der Waals surface area contributed by atoms with E-state index < -0.39 is 0 Å². The molecule has 1 N–H and O–H groups in total. The van der Waals surface area contributed by atoms with Crippen LogP contribution < -0.4 is 10.2 Å². The van der Waals surface area contributed by atoms with E-state index in [0.29, 0.717) is 13.1 Å². The molecule has 5 heteroatoms. The molecule has 1 aromatic rings. The molecule has 0 saturated carbocycles. The number of anilines is 1. The van der Waals surface area contributed by atoms with Crippen molar-refractivity contribution in [2.24, 2.45) is 0 Å². The molecule has 4 nitrogen and oxygen atoms in total. The van der Waals surface area contributed by atoms with Gasteiger partial charge in [0.05, 0.1) is 11.0 Å². The number of rotatable bonds is 5. The van der Waals surface area contributed by atoms with Gasteiger partial charge in [0.1, 0.15) is 5.82 Å². The first-order chi connectivity index (χ1) is 8.10. The van der Waals surface area contributed by atoms with Crippen molar-refractivity contribution in [3.8, 4) is 0 Å². The van der Waals surface area contributed by atoms with Gasteiger partial charge >= 0.3 is 0 Å². The molecule has 0 aliphatic rings. The number of pyridine rings is 1. The van der Waals surface area contributed by atoms with Crippen LogP contribution in [-0.4, -0.2) is 30.5 Å². The highest BCUT2D eigenvalue weighted by Gasteiger charge is 2.14. The van der Waals surface area contributed by atoms with Crippen LogP contribution in [0.25, 0.3) is 0 Å². The lowest BCUT2D eigenvalue weighted by Gasteiger charge is -2.22. The molecular weight excluding hydrogens is 282 g/mol. The van der Waals surface area contributed by atoms with Crippen LogP contribution in [-0.2, 0) is 4.79 Å². The minimum absolute atomic E-state index is 0.0181. The van der Waals surface area contributed by atoms with E-state index in [2.05, 4.69) is 26.2 Å². The lowest BCUT2D eigenvalue weighted by atomic mass is 10.3. The van der Waals surface area contributed by atoms with E-state index in [0.717, 1.165) is 22.4 Å². The number of aryl methyl sites for hydroxylation is 1. The monoisotopic (exact) mass is 299 g/mol. The number of hydrogen-bond acceptors (Lipinski definition) is 3. The average Bonchev–Trinajstić information content (AvgIpc) is 2.30. The topological polar surface area (TPSA) is 45.2 Å². The molecule has 17 heavy (non-hydrogen) atoms. The third-order valence-corrected chi connectivity index (χ3v) is 3.43. The van der Waals surface area contributed by atoms with E-state index in [1.807, 2.05) is 31.7 Å². The highest BCUT2D eigenvalue weighted by molar-refractivity contribution is 9.10. The van der Waals surface area contributed by atoms with Gasteiger partial charge < -0.3 is 10.2 Å². The quantitative estimate of drug-likeness (QED) is 0.906. The fraction of sp³-hybridized carbons (Fsp3) is 0.500. The van der Waals surface area contributed by atoms with E-state index in [4.69, 9.17) is 0 Å². The van der Waals surface area contributed by atoms with Crippen molar-refractivity contribution >= 4 is 27.7 Å². The average molecular weight is 300 g/mol. The number of likely N-dealkylation sites (N-methyl/N-ethyl adjacent to an activating group) is 2. The van der Waals surface area contributed by atoms with E-state index >= 15 is 0 Å². The number of aromatic nitrogens is 1. The SMILES string of the molecule is CCNC(=O)CN(CC)c1nccc(C)c1Br. The van der Waals surface area contributed by atoms with Crippen molar-refractivity contribution in [1.29, 1.82) is 0 Å². The number of halogens is 1. The van der Waals surface area contributed by atoms with Crippen molar-refractivity contribution < 1.29 is 4.79 Å². The van der Waals surface area contributed by atoms with Gasteiger partial charge in [-0.05, 0) is 48.3 Å². The first kappa shape index (κ1) is 14.0. The van der Waals surface area contributed by atoms with Crippen LogP contribution in [0.4, 0.5) is 5.82 Å². The Balaban J connectivity index is 2.86. The zero-order valence-electron chi connectivity index (χ0n) is 10.5. The van der Waals surface area contributed by atoms with Gasteiger partial charge in [-0.1, -0.05) is 0 Å². The first-order valence-corrected chi connectivity index (χ1v) is 6.52. The van der Waals surface area contributed by atoms with Gasteiger partial charge in [-0.3, -0.25) is 4.79 Å². The highest BCUT2D eigenvalue weighted by Crippen LogP contribution is 2.26.